The molecule has 1 aliphatic carbocycles. The van der Waals surface area contributed by atoms with E-state index in [0.717, 1.165) is 6.42 Å². The predicted molar refractivity (Wildman–Crippen MR) is 78.7 cm³/mol. The molecule has 1 aromatic rings. The molecule has 0 saturated heterocycles. The summed E-state index contributed by atoms with van der Waals surface area (Å²) in [6.07, 6.45) is 6.09. The van der Waals surface area contributed by atoms with Gasteiger partial charge in [-0.1, -0.05) is 36.9 Å². The summed E-state index contributed by atoms with van der Waals surface area (Å²) in [5.74, 6) is -0.565. The van der Waals surface area contributed by atoms with Crippen molar-refractivity contribution in [3.8, 4) is 0 Å². The summed E-state index contributed by atoms with van der Waals surface area (Å²) >= 11 is 0. The van der Waals surface area contributed by atoms with E-state index in [0.29, 0.717) is 12.3 Å². The monoisotopic (exact) mass is 293 g/mol. The van der Waals surface area contributed by atoms with Crippen molar-refractivity contribution >= 4 is 17.4 Å². The zero-order valence-electron chi connectivity index (χ0n) is 11.8. The average molecular weight is 293 g/mol. The highest BCUT2D eigenvalue weighted by Gasteiger charge is 2.18. The highest BCUT2D eigenvalue weighted by atomic mass is 19.1. The Kier molecular flexibility index (Phi) is 5.14. The molecule has 4 N–H and O–H groups in total. The molecular formula is C15H20FN3O2. The van der Waals surface area contributed by atoms with Gasteiger partial charge in [-0.2, -0.15) is 0 Å². The molecular weight excluding hydrogens is 273 g/mol. The normalized spacial score (nSPS) is 16.1. The van der Waals surface area contributed by atoms with E-state index in [2.05, 4.69) is 10.5 Å². The van der Waals surface area contributed by atoms with Crippen LogP contribution in [0.15, 0.2) is 23.4 Å². The van der Waals surface area contributed by atoms with Crippen molar-refractivity contribution in [1.29, 1.82) is 0 Å². The summed E-state index contributed by atoms with van der Waals surface area (Å²) in [4.78, 5) is 12.0. The number of rotatable bonds is 5. The zero-order chi connectivity index (χ0) is 15.2. The predicted octanol–water partition coefficient (Wildman–Crippen LogP) is 2.83. The van der Waals surface area contributed by atoms with Crippen LogP contribution in [0.4, 0.5) is 10.1 Å². The van der Waals surface area contributed by atoms with Crippen molar-refractivity contribution in [1.82, 2.24) is 0 Å². The maximum atomic E-state index is 13.7. The molecule has 1 aromatic carbocycles. The van der Waals surface area contributed by atoms with Crippen molar-refractivity contribution in [3.63, 3.8) is 0 Å². The number of nitrogens with two attached hydrogens (primary N) is 1. The molecule has 21 heavy (non-hydrogen) atoms. The Morgan fingerprint density at radius 2 is 2.14 bits per heavy atom. The Hall–Kier alpha value is -2.11. The van der Waals surface area contributed by atoms with Gasteiger partial charge < -0.3 is 16.3 Å². The Morgan fingerprint density at radius 1 is 1.43 bits per heavy atom. The first-order chi connectivity index (χ1) is 10.1. The average Bonchev–Trinajstić information content (AvgIpc) is 2.98. The van der Waals surface area contributed by atoms with Gasteiger partial charge in [0.2, 0.25) is 5.91 Å². The number of nitrogens with zero attached hydrogens (tertiary/aromatic N) is 1. The van der Waals surface area contributed by atoms with Crippen molar-refractivity contribution in [2.45, 2.75) is 38.5 Å². The second-order valence-corrected chi connectivity index (χ2v) is 5.38. The van der Waals surface area contributed by atoms with Crippen molar-refractivity contribution < 1.29 is 14.4 Å². The standard InChI is InChI=1S/C15H20FN3O2/c16-11-6-3-7-12(14(11)15(17)19-21)18-13(20)9-8-10-4-1-2-5-10/h3,6-7,10,21H,1-2,4-5,8-9H2,(H2,17,19)(H,18,20). The topological polar surface area (TPSA) is 87.7 Å². The molecule has 114 valence electrons. The lowest BCUT2D eigenvalue weighted by molar-refractivity contribution is -0.116. The largest absolute Gasteiger partial charge is 0.409 e. The number of carbonyl (C=O) groups is 1. The van der Waals surface area contributed by atoms with Gasteiger partial charge in [-0.15, -0.1) is 0 Å². The lowest BCUT2D eigenvalue weighted by Gasteiger charge is -2.12. The third-order valence-corrected chi connectivity index (χ3v) is 3.91. The summed E-state index contributed by atoms with van der Waals surface area (Å²) in [5.41, 5.74) is 5.59. The van der Waals surface area contributed by atoms with E-state index < -0.39 is 5.82 Å². The number of hydrogen-bond donors (Lipinski definition) is 3. The number of amidine groups is 1. The van der Waals surface area contributed by atoms with E-state index in [1.165, 1.54) is 43.9 Å². The first-order valence-corrected chi connectivity index (χ1v) is 7.18. The summed E-state index contributed by atoms with van der Waals surface area (Å²) in [7, 11) is 0. The number of amides is 1. The molecule has 1 amide bonds. The van der Waals surface area contributed by atoms with E-state index in [4.69, 9.17) is 10.9 Å². The van der Waals surface area contributed by atoms with Gasteiger partial charge in [0.05, 0.1) is 11.3 Å². The first kappa shape index (κ1) is 15.3. The molecule has 0 heterocycles. The molecule has 0 radical (unpaired) electrons. The van der Waals surface area contributed by atoms with Gasteiger partial charge in [-0.25, -0.2) is 4.39 Å². The van der Waals surface area contributed by atoms with Gasteiger partial charge in [0.25, 0.3) is 0 Å². The van der Waals surface area contributed by atoms with Gasteiger partial charge in [0, 0.05) is 6.42 Å². The summed E-state index contributed by atoms with van der Waals surface area (Å²) < 4.78 is 13.7. The lowest BCUT2D eigenvalue weighted by atomic mass is 10.0. The van der Waals surface area contributed by atoms with Crippen LogP contribution >= 0.6 is 0 Å². The third kappa shape index (κ3) is 3.93. The van der Waals surface area contributed by atoms with Crippen LogP contribution in [0.5, 0.6) is 0 Å². The van der Waals surface area contributed by atoms with Crippen LogP contribution in [-0.4, -0.2) is 17.0 Å². The van der Waals surface area contributed by atoms with Gasteiger partial charge >= 0.3 is 0 Å². The molecule has 0 spiro atoms. The van der Waals surface area contributed by atoms with E-state index in [-0.39, 0.29) is 23.0 Å². The quantitative estimate of drug-likeness (QED) is 0.337. The molecule has 0 unspecified atom stereocenters. The van der Waals surface area contributed by atoms with E-state index in [9.17, 15) is 9.18 Å². The van der Waals surface area contributed by atoms with E-state index in [1.807, 2.05) is 0 Å². The van der Waals surface area contributed by atoms with Crippen LogP contribution < -0.4 is 11.1 Å². The molecule has 5 nitrogen and oxygen atoms in total. The second kappa shape index (κ2) is 7.06. The highest BCUT2D eigenvalue weighted by Crippen LogP contribution is 2.28. The molecule has 0 aromatic heterocycles. The number of carbonyl (C=O) groups excluding carboxylic acids is 1. The van der Waals surface area contributed by atoms with Crippen LogP contribution in [-0.2, 0) is 4.79 Å². The maximum absolute atomic E-state index is 13.7. The molecule has 2 rings (SSSR count). The van der Waals surface area contributed by atoms with Crippen molar-refractivity contribution in [2.75, 3.05) is 5.32 Å². The molecule has 1 fully saturated rings. The fourth-order valence-corrected chi connectivity index (χ4v) is 2.79. The van der Waals surface area contributed by atoms with Crippen LogP contribution in [0, 0.1) is 11.7 Å². The number of halogens is 1. The molecule has 1 aliphatic rings. The van der Waals surface area contributed by atoms with Gasteiger partial charge in [0.1, 0.15) is 5.82 Å². The SMILES string of the molecule is N/C(=N/O)c1c(F)cccc1NC(=O)CCC1CCCC1. The smallest absolute Gasteiger partial charge is 0.224 e. The molecule has 0 aliphatic heterocycles. The molecule has 1 saturated carbocycles. The number of oxime groups is 1. The van der Waals surface area contributed by atoms with Crippen molar-refractivity contribution in [2.24, 2.45) is 16.8 Å². The fraction of sp³-hybridized carbons (Fsp3) is 0.467. The number of nitrogens with one attached hydrogen (secondary N) is 1. The minimum atomic E-state index is -0.640. The molecule has 0 atom stereocenters. The molecule has 0 bridgehead atoms. The number of hydrogen-bond acceptors (Lipinski definition) is 3. The van der Waals surface area contributed by atoms with Gasteiger partial charge in [-0.3, -0.25) is 4.79 Å². The Balaban J connectivity index is 2.01. The number of benzene rings is 1. The Labute approximate surface area is 123 Å². The summed E-state index contributed by atoms with van der Waals surface area (Å²) in [6.45, 7) is 0. The lowest BCUT2D eigenvalue weighted by Crippen LogP contribution is -2.20. The van der Waals surface area contributed by atoms with E-state index >= 15 is 0 Å². The molecule has 6 heteroatoms. The summed E-state index contributed by atoms with van der Waals surface area (Å²) in [6, 6.07) is 4.20. The minimum Gasteiger partial charge on any atom is -0.409 e. The fourth-order valence-electron chi connectivity index (χ4n) is 2.79. The van der Waals surface area contributed by atoms with Crippen LogP contribution in [0.2, 0.25) is 0 Å². The third-order valence-electron chi connectivity index (χ3n) is 3.91. The van der Waals surface area contributed by atoms with Crippen LogP contribution in [0.1, 0.15) is 44.1 Å². The van der Waals surface area contributed by atoms with Crippen LogP contribution in [0.25, 0.3) is 0 Å². The Morgan fingerprint density at radius 3 is 2.81 bits per heavy atom. The van der Waals surface area contributed by atoms with E-state index in [1.54, 1.807) is 0 Å². The summed E-state index contributed by atoms with van der Waals surface area (Å²) in [5, 5.41) is 14.1. The second-order valence-electron chi connectivity index (χ2n) is 5.38. The maximum Gasteiger partial charge on any atom is 0.224 e. The zero-order valence-corrected chi connectivity index (χ0v) is 11.8. The van der Waals surface area contributed by atoms with Crippen molar-refractivity contribution in [3.05, 3.63) is 29.6 Å². The van der Waals surface area contributed by atoms with Gasteiger partial charge in [0.15, 0.2) is 5.84 Å². The minimum absolute atomic E-state index is 0.0887. The van der Waals surface area contributed by atoms with Crippen LogP contribution in [0.3, 0.4) is 0 Å². The number of anilines is 1. The Bertz CT molecular complexity index is 540. The van der Waals surface area contributed by atoms with Gasteiger partial charge in [-0.05, 0) is 24.5 Å². The first-order valence-electron chi connectivity index (χ1n) is 7.18. The highest BCUT2D eigenvalue weighted by molar-refractivity contribution is 6.05.